The van der Waals surface area contributed by atoms with Gasteiger partial charge in [-0.25, -0.2) is 8.91 Å². The number of aromatic nitrogens is 3. The van der Waals surface area contributed by atoms with Gasteiger partial charge in [0.1, 0.15) is 17.1 Å². The number of nitrogens with one attached hydrogen (secondary N) is 1. The molecule has 0 aliphatic carbocycles. The van der Waals surface area contributed by atoms with Crippen molar-refractivity contribution in [1.82, 2.24) is 19.5 Å². The van der Waals surface area contributed by atoms with Gasteiger partial charge in [0.25, 0.3) is 5.56 Å². The van der Waals surface area contributed by atoms with Gasteiger partial charge in [-0.3, -0.25) is 9.59 Å². The fourth-order valence-electron chi connectivity index (χ4n) is 3.38. The Morgan fingerprint density at radius 2 is 1.91 bits per heavy atom. The maximum absolute atomic E-state index is 13.7. The van der Waals surface area contributed by atoms with Crippen molar-refractivity contribution in [2.75, 3.05) is 6.61 Å². The predicted molar refractivity (Wildman–Crippen MR) is 119 cm³/mol. The standard InChI is InChI=1S/C24H23FN4O3/c1-2-32-19-9-7-17(8-10-19)21-15-22-24(31)28(13-14-29(22)27-21)12-11-23(30)26-16-18-5-3-4-6-20(18)25/h3-10,13-15H,2,11-12,16H2,1H3,(H,26,30). The van der Waals surface area contributed by atoms with E-state index in [0.29, 0.717) is 23.4 Å². The Labute approximate surface area is 184 Å². The molecule has 2 aromatic heterocycles. The molecule has 4 aromatic rings. The van der Waals surface area contributed by atoms with E-state index in [1.807, 2.05) is 31.2 Å². The van der Waals surface area contributed by atoms with Gasteiger partial charge < -0.3 is 14.6 Å². The average Bonchev–Trinajstić information content (AvgIpc) is 3.24. The number of hydrogen-bond donors (Lipinski definition) is 1. The number of fused-ring (bicyclic) bond motifs is 1. The topological polar surface area (TPSA) is 77.6 Å². The molecular formula is C24H23FN4O3. The molecule has 0 radical (unpaired) electrons. The summed E-state index contributed by atoms with van der Waals surface area (Å²) in [4.78, 5) is 25.0. The number of halogens is 1. The maximum atomic E-state index is 13.7. The van der Waals surface area contributed by atoms with Gasteiger partial charge >= 0.3 is 0 Å². The molecule has 0 aliphatic rings. The Morgan fingerprint density at radius 1 is 1.12 bits per heavy atom. The van der Waals surface area contributed by atoms with Gasteiger partial charge in [-0.05, 0) is 43.3 Å². The molecule has 1 N–H and O–H groups in total. The van der Waals surface area contributed by atoms with Crippen LogP contribution in [0.5, 0.6) is 5.75 Å². The van der Waals surface area contributed by atoms with Crippen LogP contribution >= 0.6 is 0 Å². The van der Waals surface area contributed by atoms with Crippen molar-refractivity contribution in [2.45, 2.75) is 26.4 Å². The lowest BCUT2D eigenvalue weighted by Gasteiger charge is -2.08. The van der Waals surface area contributed by atoms with Crippen molar-refractivity contribution in [3.63, 3.8) is 0 Å². The molecule has 0 fully saturated rings. The summed E-state index contributed by atoms with van der Waals surface area (Å²) >= 11 is 0. The number of carbonyl (C=O) groups is 1. The largest absolute Gasteiger partial charge is 0.494 e. The summed E-state index contributed by atoms with van der Waals surface area (Å²) in [7, 11) is 0. The van der Waals surface area contributed by atoms with E-state index < -0.39 is 0 Å². The molecule has 0 unspecified atom stereocenters. The number of ether oxygens (including phenoxy) is 1. The number of hydrogen-bond acceptors (Lipinski definition) is 4. The molecule has 0 spiro atoms. The number of nitrogens with zero attached hydrogens (tertiary/aromatic N) is 3. The van der Waals surface area contributed by atoms with Crippen LogP contribution in [0.1, 0.15) is 18.9 Å². The van der Waals surface area contributed by atoms with E-state index in [0.717, 1.165) is 11.3 Å². The minimum Gasteiger partial charge on any atom is -0.494 e. The second-order valence-electron chi connectivity index (χ2n) is 7.23. The summed E-state index contributed by atoms with van der Waals surface area (Å²) in [5, 5.41) is 7.16. The lowest BCUT2D eigenvalue weighted by atomic mass is 10.1. The second-order valence-corrected chi connectivity index (χ2v) is 7.23. The molecule has 7 nitrogen and oxygen atoms in total. The van der Waals surface area contributed by atoms with E-state index >= 15 is 0 Å². The lowest BCUT2D eigenvalue weighted by molar-refractivity contribution is -0.121. The van der Waals surface area contributed by atoms with Crippen molar-refractivity contribution in [3.05, 3.63) is 88.7 Å². The van der Waals surface area contributed by atoms with Crippen molar-refractivity contribution >= 4 is 11.4 Å². The van der Waals surface area contributed by atoms with E-state index in [-0.39, 0.29) is 36.8 Å². The Morgan fingerprint density at radius 3 is 2.66 bits per heavy atom. The van der Waals surface area contributed by atoms with Crippen LogP contribution in [0.3, 0.4) is 0 Å². The summed E-state index contributed by atoms with van der Waals surface area (Å²) in [5.74, 6) is 0.151. The highest BCUT2D eigenvalue weighted by Crippen LogP contribution is 2.21. The smallest absolute Gasteiger partial charge is 0.276 e. The van der Waals surface area contributed by atoms with E-state index in [1.54, 1.807) is 36.7 Å². The molecule has 0 saturated heterocycles. The van der Waals surface area contributed by atoms with Crippen LogP contribution in [-0.2, 0) is 17.9 Å². The van der Waals surface area contributed by atoms with Gasteiger partial charge in [-0.15, -0.1) is 0 Å². The van der Waals surface area contributed by atoms with Gasteiger partial charge in [0.05, 0.1) is 12.3 Å². The molecular weight excluding hydrogens is 411 g/mol. The first kappa shape index (κ1) is 21.3. The number of benzene rings is 2. The fourth-order valence-corrected chi connectivity index (χ4v) is 3.38. The number of aryl methyl sites for hydroxylation is 1. The SMILES string of the molecule is CCOc1ccc(-c2cc3c(=O)n(CCC(=O)NCc4ccccc4F)ccn3n2)cc1. The molecule has 0 saturated carbocycles. The Balaban J connectivity index is 1.43. The van der Waals surface area contributed by atoms with Crippen LogP contribution in [0.25, 0.3) is 16.8 Å². The maximum Gasteiger partial charge on any atom is 0.276 e. The first-order chi connectivity index (χ1) is 15.5. The number of rotatable bonds is 8. The molecule has 0 atom stereocenters. The molecule has 164 valence electrons. The summed E-state index contributed by atoms with van der Waals surface area (Å²) in [6.07, 6.45) is 3.39. The van der Waals surface area contributed by atoms with Crippen molar-refractivity contribution in [2.24, 2.45) is 0 Å². The van der Waals surface area contributed by atoms with Crippen LogP contribution in [0.15, 0.2) is 71.8 Å². The highest BCUT2D eigenvalue weighted by atomic mass is 19.1. The Bertz CT molecular complexity index is 1290. The summed E-state index contributed by atoms with van der Waals surface area (Å²) in [5.41, 5.74) is 2.14. The van der Waals surface area contributed by atoms with Gasteiger partial charge in [-0.1, -0.05) is 18.2 Å². The zero-order valence-corrected chi connectivity index (χ0v) is 17.6. The van der Waals surface area contributed by atoms with Gasteiger partial charge in [0.2, 0.25) is 5.91 Å². The fraction of sp³-hybridized carbons (Fsp3) is 0.208. The quantitative estimate of drug-likeness (QED) is 0.461. The number of carbonyl (C=O) groups excluding carboxylic acids is 1. The molecule has 0 bridgehead atoms. The van der Waals surface area contributed by atoms with Crippen LogP contribution in [0, 0.1) is 5.82 Å². The highest BCUT2D eigenvalue weighted by Gasteiger charge is 2.11. The van der Waals surface area contributed by atoms with Crippen LogP contribution < -0.4 is 15.6 Å². The third kappa shape index (κ3) is 4.69. The molecule has 4 rings (SSSR count). The van der Waals surface area contributed by atoms with Gasteiger partial charge in [0, 0.05) is 43.0 Å². The zero-order chi connectivity index (χ0) is 22.5. The first-order valence-electron chi connectivity index (χ1n) is 10.4. The third-order valence-corrected chi connectivity index (χ3v) is 5.08. The highest BCUT2D eigenvalue weighted by molar-refractivity contribution is 5.75. The molecule has 32 heavy (non-hydrogen) atoms. The Hall–Kier alpha value is -3.94. The van der Waals surface area contributed by atoms with E-state index in [2.05, 4.69) is 10.4 Å². The molecule has 8 heteroatoms. The summed E-state index contributed by atoms with van der Waals surface area (Å²) in [6.45, 7) is 2.83. The number of amides is 1. The zero-order valence-electron chi connectivity index (χ0n) is 17.6. The minimum atomic E-state index is -0.362. The van der Waals surface area contributed by atoms with Gasteiger partial charge in [0.15, 0.2) is 0 Å². The molecule has 2 aromatic carbocycles. The van der Waals surface area contributed by atoms with Gasteiger partial charge in [-0.2, -0.15) is 5.10 Å². The van der Waals surface area contributed by atoms with E-state index in [1.165, 1.54) is 15.1 Å². The van der Waals surface area contributed by atoms with Crippen molar-refractivity contribution < 1.29 is 13.9 Å². The van der Waals surface area contributed by atoms with Crippen LogP contribution in [0.2, 0.25) is 0 Å². The second kappa shape index (κ2) is 9.47. The summed E-state index contributed by atoms with van der Waals surface area (Å²) in [6, 6.07) is 15.5. The monoisotopic (exact) mass is 434 g/mol. The molecule has 1 amide bonds. The van der Waals surface area contributed by atoms with E-state index in [4.69, 9.17) is 4.74 Å². The van der Waals surface area contributed by atoms with Crippen LogP contribution in [0.4, 0.5) is 4.39 Å². The molecule has 0 aliphatic heterocycles. The predicted octanol–water partition coefficient (Wildman–Crippen LogP) is 3.41. The average molecular weight is 434 g/mol. The van der Waals surface area contributed by atoms with Crippen molar-refractivity contribution in [1.29, 1.82) is 0 Å². The van der Waals surface area contributed by atoms with Crippen molar-refractivity contribution in [3.8, 4) is 17.0 Å². The lowest BCUT2D eigenvalue weighted by Crippen LogP contribution is -2.27. The minimum absolute atomic E-state index is 0.102. The molecule has 2 heterocycles. The Kier molecular flexibility index (Phi) is 6.30. The normalized spacial score (nSPS) is 10.9. The van der Waals surface area contributed by atoms with Crippen LogP contribution in [-0.4, -0.2) is 26.7 Å². The van der Waals surface area contributed by atoms with E-state index in [9.17, 15) is 14.0 Å². The first-order valence-corrected chi connectivity index (χ1v) is 10.4. The summed E-state index contributed by atoms with van der Waals surface area (Å²) < 4.78 is 22.1. The third-order valence-electron chi connectivity index (χ3n) is 5.08.